The number of aliphatic hydroxyl groups excluding tert-OH is 1. The van der Waals surface area contributed by atoms with Gasteiger partial charge in [0, 0.05) is 30.5 Å². The first-order valence-corrected chi connectivity index (χ1v) is 10.9. The number of para-hydroxylation sites is 1. The Morgan fingerprint density at radius 3 is 2.53 bits per heavy atom. The van der Waals surface area contributed by atoms with Gasteiger partial charge in [-0.15, -0.1) is 0 Å². The van der Waals surface area contributed by atoms with Crippen LogP contribution in [-0.4, -0.2) is 37.2 Å². The lowest BCUT2D eigenvalue weighted by atomic mass is 10.1. The van der Waals surface area contributed by atoms with Crippen molar-refractivity contribution in [1.82, 2.24) is 14.6 Å². The molecule has 0 bridgehead atoms. The van der Waals surface area contributed by atoms with Crippen LogP contribution in [-0.2, 0) is 23.6 Å². The molecule has 0 aliphatic carbocycles. The lowest BCUT2D eigenvalue weighted by Gasteiger charge is -2.14. The minimum Gasteiger partial charge on any atom is -0.395 e. The maximum absolute atomic E-state index is 12.8. The molecule has 3 aromatic rings. The summed E-state index contributed by atoms with van der Waals surface area (Å²) in [6.07, 6.45) is 0. The molecule has 30 heavy (non-hydrogen) atoms. The van der Waals surface area contributed by atoms with Gasteiger partial charge in [0.1, 0.15) is 10.5 Å². The number of aromatic nitrogens is 1. The number of amides is 1. The zero-order chi connectivity index (χ0) is 21.9. The highest BCUT2D eigenvalue weighted by Crippen LogP contribution is 2.22. The molecule has 0 aliphatic heterocycles. The van der Waals surface area contributed by atoms with Crippen LogP contribution < -0.4 is 15.6 Å². The average molecular weight is 450 g/mol. The minimum atomic E-state index is -3.95. The normalized spacial score (nSPS) is 11.6. The van der Waals surface area contributed by atoms with E-state index in [1.54, 1.807) is 30.3 Å². The lowest BCUT2D eigenvalue weighted by molar-refractivity contribution is 0.0949. The van der Waals surface area contributed by atoms with E-state index in [0.717, 1.165) is 10.1 Å². The topological polar surface area (TPSA) is 118 Å². The first-order valence-electron chi connectivity index (χ1n) is 9.00. The van der Waals surface area contributed by atoms with Crippen molar-refractivity contribution in [2.45, 2.75) is 11.4 Å². The van der Waals surface area contributed by atoms with Crippen molar-refractivity contribution in [3.05, 3.63) is 75.0 Å². The quantitative estimate of drug-likeness (QED) is 0.504. The Morgan fingerprint density at radius 2 is 1.87 bits per heavy atom. The van der Waals surface area contributed by atoms with Crippen molar-refractivity contribution in [1.29, 1.82) is 0 Å². The molecule has 0 aliphatic rings. The number of benzene rings is 2. The van der Waals surface area contributed by atoms with Gasteiger partial charge in [0.2, 0.25) is 10.0 Å². The number of aliphatic hydroxyl groups is 1. The third-order valence-electron chi connectivity index (χ3n) is 4.50. The Morgan fingerprint density at radius 1 is 1.17 bits per heavy atom. The molecule has 0 saturated heterocycles. The maximum atomic E-state index is 12.8. The van der Waals surface area contributed by atoms with Crippen molar-refractivity contribution < 1.29 is 18.3 Å². The minimum absolute atomic E-state index is 0.100. The number of nitrogens with zero attached hydrogens (tertiary/aromatic N) is 1. The second-order valence-corrected chi connectivity index (χ2v) is 8.72. The van der Waals surface area contributed by atoms with Gasteiger partial charge >= 0.3 is 0 Å². The number of halogens is 1. The summed E-state index contributed by atoms with van der Waals surface area (Å²) in [5.41, 5.74) is 0.258. The number of hydrogen-bond donors (Lipinski definition) is 3. The highest BCUT2D eigenvalue weighted by atomic mass is 35.5. The molecule has 0 unspecified atom stereocenters. The van der Waals surface area contributed by atoms with E-state index in [4.69, 9.17) is 16.7 Å². The molecular weight excluding hydrogens is 430 g/mol. The highest BCUT2D eigenvalue weighted by Gasteiger charge is 2.21. The molecule has 1 aromatic heterocycles. The molecule has 1 heterocycles. The molecule has 1 amide bonds. The van der Waals surface area contributed by atoms with Gasteiger partial charge in [-0.3, -0.25) is 9.59 Å². The van der Waals surface area contributed by atoms with Crippen LogP contribution in [0.1, 0.15) is 15.9 Å². The van der Waals surface area contributed by atoms with Crippen LogP contribution >= 0.6 is 11.6 Å². The van der Waals surface area contributed by atoms with E-state index in [1.165, 1.54) is 25.2 Å². The first kappa shape index (κ1) is 22.0. The Kier molecular flexibility index (Phi) is 6.57. The fraction of sp³-hybridized carbons (Fsp3) is 0.200. The van der Waals surface area contributed by atoms with Gasteiger partial charge in [-0.25, -0.2) is 13.1 Å². The Balaban J connectivity index is 1.98. The average Bonchev–Trinajstić information content (AvgIpc) is 2.73. The van der Waals surface area contributed by atoms with Crippen molar-refractivity contribution in [3.8, 4) is 0 Å². The predicted octanol–water partition coefficient (Wildman–Crippen LogP) is 1.39. The number of pyridine rings is 1. The fourth-order valence-corrected chi connectivity index (χ4v) is 4.44. The predicted molar refractivity (Wildman–Crippen MR) is 114 cm³/mol. The van der Waals surface area contributed by atoms with Crippen LogP contribution in [0.15, 0.2) is 58.2 Å². The van der Waals surface area contributed by atoms with E-state index in [0.29, 0.717) is 10.4 Å². The number of nitrogens with one attached hydrogen (secondary N) is 2. The fourth-order valence-electron chi connectivity index (χ4n) is 3.03. The molecule has 158 valence electrons. The van der Waals surface area contributed by atoms with E-state index in [1.807, 2.05) is 0 Å². The molecule has 10 heteroatoms. The Labute approximate surface area is 178 Å². The number of carbonyl (C=O) groups is 1. The summed E-state index contributed by atoms with van der Waals surface area (Å²) in [6.45, 7) is -0.310. The molecule has 3 N–H and O–H groups in total. The van der Waals surface area contributed by atoms with Gasteiger partial charge in [0.25, 0.3) is 11.5 Å². The van der Waals surface area contributed by atoms with Crippen LogP contribution in [0.5, 0.6) is 0 Å². The molecule has 0 fully saturated rings. The SMILES string of the molecule is Cn1c(=O)c(C(=O)NCc2ccc(Cl)cc2)cc2cccc(S(=O)(=O)NCCO)c21. The van der Waals surface area contributed by atoms with Crippen LogP contribution in [0.2, 0.25) is 5.02 Å². The third kappa shape index (κ3) is 4.54. The molecule has 0 radical (unpaired) electrons. The molecule has 0 saturated carbocycles. The lowest BCUT2D eigenvalue weighted by Crippen LogP contribution is -2.33. The number of aryl methyl sites for hydroxylation is 1. The van der Waals surface area contributed by atoms with Crippen molar-refractivity contribution in [2.24, 2.45) is 7.05 Å². The molecule has 0 atom stereocenters. The Bertz CT molecular complexity index is 1250. The summed E-state index contributed by atoms with van der Waals surface area (Å²) in [5, 5.41) is 12.6. The van der Waals surface area contributed by atoms with Crippen molar-refractivity contribution >= 4 is 38.4 Å². The van der Waals surface area contributed by atoms with E-state index in [2.05, 4.69) is 10.0 Å². The highest BCUT2D eigenvalue weighted by molar-refractivity contribution is 7.89. The van der Waals surface area contributed by atoms with E-state index < -0.39 is 21.5 Å². The zero-order valence-corrected chi connectivity index (χ0v) is 17.6. The summed E-state index contributed by atoms with van der Waals surface area (Å²) in [6, 6.07) is 12.8. The number of fused-ring (bicyclic) bond motifs is 1. The first-order chi connectivity index (χ1) is 14.2. The van der Waals surface area contributed by atoms with Gasteiger partial charge < -0.3 is 15.0 Å². The van der Waals surface area contributed by atoms with Gasteiger partial charge in [-0.05, 0) is 29.8 Å². The number of carbonyl (C=O) groups excluding carboxylic acids is 1. The van der Waals surface area contributed by atoms with Gasteiger partial charge in [-0.2, -0.15) is 0 Å². The zero-order valence-electron chi connectivity index (χ0n) is 16.1. The molecule has 8 nitrogen and oxygen atoms in total. The summed E-state index contributed by atoms with van der Waals surface area (Å²) in [5.74, 6) is -0.570. The summed E-state index contributed by atoms with van der Waals surface area (Å²) in [4.78, 5) is 25.3. The second kappa shape index (κ2) is 8.97. The molecule has 2 aromatic carbocycles. The maximum Gasteiger partial charge on any atom is 0.263 e. The van der Waals surface area contributed by atoms with E-state index in [-0.39, 0.29) is 35.7 Å². The molecule has 3 rings (SSSR count). The van der Waals surface area contributed by atoms with Gasteiger partial charge in [0.15, 0.2) is 0 Å². The summed E-state index contributed by atoms with van der Waals surface area (Å²) >= 11 is 5.85. The number of sulfonamides is 1. The molecular formula is C20H20ClN3O5S. The van der Waals surface area contributed by atoms with Gasteiger partial charge in [0.05, 0.1) is 12.1 Å². The van der Waals surface area contributed by atoms with Crippen LogP contribution in [0.25, 0.3) is 10.9 Å². The van der Waals surface area contributed by atoms with Crippen molar-refractivity contribution in [3.63, 3.8) is 0 Å². The summed E-state index contributed by atoms with van der Waals surface area (Å²) < 4.78 is 28.5. The Hall–Kier alpha value is -2.72. The second-order valence-electron chi connectivity index (χ2n) is 6.55. The third-order valence-corrected chi connectivity index (χ3v) is 6.25. The van der Waals surface area contributed by atoms with Gasteiger partial charge in [-0.1, -0.05) is 35.9 Å². The number of hydrogen-bond acceptors (Lipinski definition) is 5. The molecule has 0 spiro atoms. The smallest absolute Gasteiger partial charge is 0.263 e. The van der Waals surface area contributed by atoms with Crippen molar-refractivity contribution in [2.75, 3.05) is 13.2 Å². The van der Waals surface area contributed by atoms with E-state index >= 15 is 0 Å². The van der Waals surface area contributed by atoms with Crippen LogP contribution in [0.4, 0.5) is 0 Å². The summed E-state index contributed by atoms with van der Waals surface area (Å²) in [7, 11) is -2.54. The number of rotatable bonds is 7. The monoisotopic (exact) mass is 449 g/mol. The largest absolute Gasteiger partial charge is 0.395 e. The van der Waals surface area contributed by atoms with Crippen LogP contribution in [0.3, 0.4) is 0 Å². The van der Waals surface area contributed by atoms with Crippen LogP contribution in [0, 0.1) is 0 Å². The van der Waals surface area contributed by atoms with E-state index in [9.17, 15) is 18.0 Å². The standard InChI is InChI=1S/C20H20ClN3O5S/c1-24-18-14(3-2-4-17(18)30(28,29)23-9-10-25)11-16(20(24)27)19(26)22-12-13-5-7-15(21)8-6-13/h2-8,11,23,25H,9-10,12H2,1H3,(H,22,26).